The molecule has 0 aromatic heterocycles. The van der Waals surface area contributed by atoms with Gasteiger partial charge in [-0.05, 0) is 55.4 Å². The van der Waals surface area contributed by atoms with Gasteiger partial charge >= 0.3 is 0 Å². The highest BCUT2D eigenvalue weighted by Crippen LogP contribution is 2.31. The van der Waals surface area contributed by atoms with Crippen molar-refractivity contribution in [3.05, 3.63) is 59.7 Å². The van der Waals surface area contributed by atoms with Crippen LogP contribution in [0.4, 0.5) is 0 Å². The Balaban J connectivity index is 1.79. The molecule has 1 aliphatic rings. The van der Waals surface area contributed by atoms with Crippen molar-refractivity contribution in [1.82, 2.24) is 0 Å². The molecule has 0 saturated carbocycles. The van der Waals surface area contributed by atoms with Gasteiger partial charge in [0, 0.05) is 0 Å². The highest BCUT2D eigenvalue weighted by Gasteiger charge is 2.27. The Morgan fingerprint density at radius 2 is 1.31 bits per heavy atom. The van der Waals surface area contributed by atoms with Crippen molar-refractivity contribution < 1.29 is 19.3 Å². The maximum Gasteiger partial charge on any atom is 0.122 e. The fraction of sp³-hybridized carbons (Fsp3) is 0.520. The molecule has 1 heterocycles. The number of para-hydroxylation sites is 2. The Morgan fingerprint density at radius 3 is 1.83 bits per heavy atom. The zero-order chi connectivity index (χ0) is 20.4. The normalized spacial score (nSPS) is 18.0. The molecule has 2 aromatic rings. The number of ether oxygens (including phenoxy) is 3. The molecule has 0 bridgehead atoms. The Hall–Kier alpha value is -2.04. The third kappa shape index (κ3) is 6.76. The van der Waals surface area contributed by atoms with E-state index in [1.54, 1.807) is 0 Å². The van der Waals surface area contributed by atoms with Gasteiger partial charge in [0.05, 0.1) is 18.8 Å². The molecule has 1 N–H and O–H groups in total. The standard InChI is InChI=1S/C25H34O4/c1-2-3-14-25(26)15-12-21-8-4-6-10-23(21)28-19-17-27-18-20-29-24-11-7-5-9-22(24)13-16-25/h4-11,26H,2-3,12-20H2,1H3. The molecule has 0 spiro atoms. The van der Waals surface area contributed by atoms with Crippen LogP contribution in [-0.2, 0) is 17.6 Å². The average Bonchev–Trinajstić information content (AvgIpc) is 2.75. The van der Waals surface area contributed by atoms with Crippen LogP contribution in [0.5, 0.6) is 11.5 Å². The first-order valence-corrected chi connectivity index (χ1v) is 10.9. The van der Waals surface area contributed by atoms with Crippen molar-refractivity contribution in [2.75, 3.05) is 26.4 Å². The van der Waals surface area contributed by atoms with Gasteiger partial charge in [0.2, 0.25) is 0 Å². The number of benzene rings is 2. The minimum atomic E-state index is -0.684. The molecule has 0 atom stereocenters. The van der Waals surface area contributed by atoms with E-state index in [0.29, 0.717) is 26.4 Å². The lowest BCUT2D eigenvalue weighted by Gasteiger charge is -2.29. The van der Waals surface area contributed by atoms with Crippen LogP contribution in [0.1, 0.15) is 50.2 Å². The van der Waals surface area contributed by atoms with E-state index in [-0.39, 0.29) is 0 Å². The van der Waals surface area contributed by atoms with Gasteiger partial charge in [0.15, 0.2) is 0 Å². The SMILES string of the molecule is CCCCC1(O)CCc2ccccc2OCCOCCOc2ccccc2CC1. The molecule has 3 rings (SSSR count). The average molecular weight is 399 g/mol. The molecule has 1 aliphatic heterocycles. The maximum atomic E-state index is 11.5. The number of rotatable bonds is 3. The van der Waals surface area contributed by atoms with E-state index in [1.165, 1.54) is 0 Å². The van der Waals surface area contributed by atoms with Crippen molar-refractivity contribution in [3.63, 3.8) is 0 Å². The molecular formula is C25H34O4. The van der Waals surface area contributed by atoms with Crippen LogP contribution in [-0.4, -0.2) is 37.1 Å². The second-order valence-electron chi connectivity index (χ2n) is 7.85. The molecule has 4 nitrogen and oxygen atoms in total. The number of unbranched alkanes of at least 4 members (excludes halogenated alkanes) is 1. The number of hydrogen-bond donors (Lipinski definition) is 1. The van der Waals surface area contributed by atoms with Gasteiger partial charge in [0.1, 0.15) is 24.7 Å². The van der Waals surface area contributed by atoms with Crippen LogP contribution < -0.4 is 9.47 Å². The summed E-state index contributed by atoms with van der Waals surface area (Å²) in [4.78, 5) is 0. The zero-order valence-electron chi connectivity index (χ0n) is 17.6. The van der Waals surface area contributed by atoms with Gasteiger partial charge in [-0.1, -0.05) is 56.2 Å². The summed E-state index contributed by atoms with van der Waals surface area (Å²) in [6, 6.07) is 16.3. The summed E-state index contributed by atoms with van der Waals surface area (Å²) in [5, 5.41) is 11.5. The van der Waals surface area contributed by atoms with Crippen molar-refractivity contribution in [3.8, 4) is 11.5 Å². The molecule has 0 saturated heterocycles. The highest BCUT2D eigenvalue weighted by atomic mass is 16.5. The topological polar surface area (TPSA) is 47.9 Å². The lowest BCUT2D eigenvalue weighted by atomic mass is 9.84. The Labute approximate surface area is 174 Å². The summed E-state index contributed by atoms with van der Waals surface area (Å²) in [7, 11) is 0. The predicted molar refractivity (Wildman–Crippen MR) is 116 cm³/mol. The first-order valence-electron chi connectivity index (χ1n) is 10.9. The number of fused-ring (bicyclic) bond motifs is 2. The minimum absolute atomic E-state index is 0.508. The van der Waals surface area contributed by atoms with Crippen LogP contribution >= 0.6 is 0 Å². The lowest BCUT2D eigenvalue weighted by Crippen LogP contribution is -2.30. The summed E-state index contributed by atoms with van der Waals surface area (Å²) >= 11 is 0. The lowest BCUT2D eigenvalue weighted by molar-refractivity contribution is 0.0123. The smallest absolute Gasteiger partial charge is 0.122 e. The summed E-state index contributed by atoms with van der Waals surface area (Å²) in [5.74, 6) is 1.78. The van der Waals surface area contributed by atoms with Crippen LogP contribution in [0.2, 0.25) is 0 Å². The number of aliphatic hydroxyl groups is 1. The molecule has 0 aliphatic carbocycles. The van der Waals surface area contributed by atoms with Gasteiger partial charge in [-0.25, -0.2) is 0 Å². The molecule has 158 valence electrons. The van der Waals surface area contributed by atoms with E-state index in [2.05, 4.69) is 19.1 Å². The second-order valence-corrected chi connectivity index (χ2v) is 7.85. The largest absolute Gasteiger partial charge is 0.491 e. The minimum Gasteiger partial charge on any atom is -0.491 e. The molecule has 2 aromatic carbocycles. The molecule has 0 radical (unpaired) electrons. The fourth-order valence-corrected chi connectivity index (χ4v) is 3.84. The monoisotopic (exact) mass is 398 g/mol. The quantitative estimate of drug-likeness (QED) is 0.794. The van der Waals surface area contributed by atoms with Crippen molar-refractivity contribution in [2.45, 2.75) is 57.5 Å². The van der Waals surface area contributed by atoms with Crippen LogP contribution in [0.15, 0.2) is 48.5 Å². The fourth-order valence-electron chi connectivity index (χ4n) is 3.84. The summed E-state index contributed by atoms with van der Waals surface area (Å²) in [5.41, 5.74) is 1.62. The van der Waals surface area contributed by atoms with Crippen LogP contribution in [0.25, 0.3) is 0 Å². The van der Waals surface area contributed by atoms with E-state index in [1.807, 2.05) is 36.4 Å². The first kappa shape index (κ1) is 21.7. The number of aryl methyl sites for hydroxylation is 2. The summed E-state index contributed by atoms with van der Waals surface area (Å²) in [6.07, 6.45) is 6.00. The molecule has 29 heavy (non-hydrogen) atoms. The third-order valence-electron chi connectivity index (χ3n) is 5.63. The van der Waals surface area contributed by atoms with E-state index in [4.69, 9.17) is 14.2 Å². The van der Waals surface area contributed by atoms with E-state index in [0.717, 1.165) is 67.6 Å². The Kier molecular flexibility index (Phi) is 8.38. The molecular weight excluding hydrogens is 364 g/mol. The summed E-state index contributed by atoms with van der Waals surface area (Å²) in [6.45, 7) is 4.24. The van der Waals surface area contributed by atoms with Crippen LogP contribution in [0, 0.1) is 0 Å². The first-order chi connectivity index (χ1) is 14.2. The van der Waals surface area contributed by atoms with Gasteiger partial charge in [0.25, 0.3) is 0 Å². The van der Waals surface area contributed by atoms with Crippen molar-refractivity contribution >= 4 is 0 Å². The van der Waals surface area contributed by atoms with Crippen molar-refractivity contribution in [2.24, 2.45) is 0 Å². The molecule has 0 unspecified atom stereocenters. The highest BCUT2D eigenvalue weighted by molar-refractivity contribution is 5.34. The van der Waals surface area contributed by atoms with E-state index >= 15 is 0 Å². The zero-order valence-corrected chi connectivity index (χ0v) is 17.6. The van der Waals surface area contributed by atoms with Gasteiger partial charge in [-0.3, -0.25) is 0 Å². The Morgan fingerprint density at radius 1 is 0.793 bits per heavy atom. The van der Waals surface area contributed by atoms with E-state index in [9.17, 15) is 5.11 Å². The predicted octanol–water partition coefficient (Wildman–Crippen LogP) is 4.96. The number of hydrogen-bond acceptors (Lipinski definition) is 4. The maximum absolute atomic E-state index is 11.5. The van der Waals surface area contributed by atoms with Crippen LogP contribution in [0.3, 0.4) is 0 Å². The molecule has 4 heteroatoms. The van der Waals surface area contributed by atoms with Gasteiger partial charge in [-0.2, -0.15) is 0 Å². The van der Waals surface area contributed by atoms with Crippen molar-refractivity contribution in [1.29, 1.82) is 0 Å². The van der Waals surface area contributed by atoms with E-state index < -0.39 is 5.60 Å². The van der Waals surface area contributed by atoms with Gasteiger partial charge < -0.3 is 19.3 Å². The molecule has 0 amide bonds. The Bertz CT molecular complexity index is 688. The molecule has 0 fully saturated rings. The van der Waals surface area contributed by atoms with Gasteiger partial charge in [-0.15, -0.1) is 0 Å². The second kappa shape index (κ2) is 11.2. The third-order valence-corrected chi connectivity index (χ3v) is 5.63. The summed E-state index contributed by atoms with van der Waals surface area (Å²) < 4.78 is 17.5.